The summed E-state index contributed by atoms with van der Waals surface area (Å²) in [5, 5.41) is 10.1. The number of aliphatic carboxylic acids is 1. The van der Waals surface area contributed by atoms with Gasteiger partial charge in [0.2, 0.25) is 0 Å². The third-order valence-electron chi connectivity index (χ3n) is 4.60. The third-order valence-corrected chi connectivity index (χ3v) is 4.60. The SMILES string of the molecule is CCCCCCCCCCCCCCCCCCOC(=O)/C=C/C(=O)[O-].[Cl-].[Na+].[Na+]. The Morgan fingerprint density at radius 2 is 1.00 bits per heavy atom. The summed E-state index contributed by atoms with van der Waals surface area (Å²) >= 11 is 0. The molecule has 0 aliphatic heterocycles. The fraction of sp³-hybridized carbons (Fsp3) is 0.818. The molecule has 0 aliphatic carbocycles. The average molecular weight is 449 g/mol. The van der Waals surface area contributed by atoms with E-state index in [1.807, 2.05) is 0 Å². The Hall–Kier alpha value is 0.970. The first-order valence-electron chi connectivity index (χ1n) is 10.7. The van der Waals surface area contributed by atoms with Crippen molar-refractivity contribution in [2.75, 3.05) is 6.61 Å². The summed E-state index contributed by atoms with van der Waals surface area (Å²) in [4.78, 5) is 21.2. The number of carbonyl (C=O) groups is 2. The third kappa shape index (κ3) is 33.8. The summed E-state index contributed by atoms with van der Waals surface area (Å²) in [6.07, 6.45) is 22.4. The molecule has 0 radical (unpaired) electrons. The molecule has 0 heterocycles. The molecule has 0 rings (SSSR count). The zero-order chi connectivity index (χ0) is 19.3. The quantitative estimate of drug-likeness (QED) is 0.0877. The molecular formula is C22H39ClNa2O4. The summed E-state index contributed by atoms with van der Waals surface area (Å²) in [7, 11) is 0. The number of rotatable bonds is 19. The molecule has 4 nitrogen and oxygen atoms in total. The minimum absolute atomic E-state index is 0. The zero-order valence-electron chi connectivity index (χ0n) is 19.2. The second-order valence-electron chi connectivity index (χ2n) is 7.12. The van der Waals surface area contributed by atoms with Gasteiger partial charge in [0.15, 0.2) is 0 Å². The average Bonchev–Trinajstić information content (AvgIpc) is 2.62. The predicted molar refractivity (Wildman–Crippen MR) is 105 cm³/mol. The maximum atomic E-state index is 11.1. The number of carbonyl (C=O) groups excluding carboxylic acids is 2. The van der Waals surface area contributed by atoms with Gasteiger partial charge in [-0.25, -0.2) is 4.79 Å². The van der Waals surface area contributed by atoms with E-state index in [1.54, 1.807) is 0 Å². The van der Waals surface area contributed by atoms with Crippen LogP contribution in [0.1, 0.15) is 110 Å². The van der Waals surface area contributed by atoms with Crippen LogP contribution in [0.2, 0.25) is 0 Å². The van der Waals surface area contributed by atoms with Crippen molar-refractivity contribution in [1.29, 1.82) is 0 Å². The van der Waals surface area contributed by atoms with Crippen LogP contribution in [0, 0.1) is 0 Å². The van der Waals surface area contributed by atoms with Crippen molar-refractivity contribution in [2.45, 2.75) is 110 Å². The molecule has 29 heavy (non-hydrogen) atoms. The molecule has 7 heteroatoms. The Labute approximate surface area is 229 Å². The van der Waals surface area contributed by atoms with Crippen LogP contribution >= 0.6 is 0 Å². The second kappa shape index (κ2) is 31.2. The number of hydrogen-bond acceptors (Lipinski definition) is 4. The normalized spacial score (nSPS) is 9.97. The van der Waals surface area contributed by atoms with Crippen molar-refractivity contribution in [3.63, 3.8) is 0 Å². The van der Waals surface area contributed by atoms with E-state index < -0.39 is 11.9 Å². The molecule has 0 aromatic heterocycles. The van der Waals surface area contributed by atoms with Gasteiger partial charge >= 0.3 is 65.1 Å². The van der Waals surface area contributed by atoms with Crippen LogP contribution in [-0.2, 0) is 14.3 Å². The van der Waals surface area contributed by atoms with Gasteiger partial charge in [-0.05, 0) is 12.5 Å². The number of hydrogen-bond donors (Lipinski definition) is 0. The largest absolute Gasteiger partial charge is 1.00 e. The molecule has 0 saturated carbocycles. The number of halogens is 1. The smallest absolute Gasteiger partial charge is 1.00 e. The van der Waals surface area contributed by atoms with E-state index in [1.165, 1.54) is 89.9 Å². The van der Waals surface area contributed by atoms with E-state index in [9.17, 15) is 14.7 Å². The zero-order valence-corrected chi connectivity index (χ0v) is 23.9. The minimum atomic E-state index is -1.38. The van der Waals surface area contributed by atoms with Crippen LogP contribution in [0.5, 0.6) is 0 Å². The van der Waals surface area contributed by atoms with Crippen molar-refractivity contribution < 1.29 is 91.0 Å². The van der Waals surface area contributed by atoms with Crippen molar-refractivity contribution in [3.05, 3.63) is 12.2 Å². The van der Waals surface area contributed by atoms with E-state index in [-0.39, 0.29) is 71.5 Å². The molecule has 0 N–H and O–H groups in total. The van der Waals surface area contributed by atoms with Crippen molar-refractivity contribution in [2.24, 2.45) is 0 Å². The van der Waals surface area contributed by atoms with Gasteiger partial charge < -0.3 is 27.0 Å². The van der Waals surface area contributed by atoms with Gasteiger partial charge in [-0.1, -0.05) is 103 Å². The number of esters is 1. The summed E-state index contributed by atoms with van der Waals surface area (Å²) in [5.74, 6) is -2.00. The van der Waals surface area contributed by atoms with Gasteiger partial charge in [-0.3, -0.25) is 0 Å². The van der Waals surface area contributed by atoms with Gasteiger partial charge in [-0.2, -0.15) is 0 Å². The molecule has 0 aromatic rings. The fourth-order valence-corrected chi connectivity index (χ4v) is 3.01. The first-order valence-corrected chi connectivity index (χ1v) is 10.7. The summed E-state index contributed by atoms with van der Waals surface area (Å²) in [6, 6.07) is 0. The Morgan fingerprint density at radius 1 is 0.655 bits per heavy atom. The van der Waals surface area contributed by atoms with Crippen LogP contribution in [0.15, 0.2) is 12.2 Å². The molecule has 0 spiro atoms. The van der Waals surface area contributed by atoms with Crippen molar-refractivity contribution >= 4 is 11.9 Å². The van der Waals surface area contributed by atoms with E-state index in [0.717, 1.165) is 18.9 Å². The molecule has 0 bridgehead atoms. The van der Waals surface area contributed by atoms with Crippen LogP contribution in [-0.4, -0.2) is 18.5 Å². The van der Waals surface area contributed by atoms with E-state index in [0.29, 0.717) is 12.7 Å². The maximum absolute atomic E-state index is 11.1. The first-order chi connectivity index (χ1) is 12.7. The molecule has 0 aromatic carbocycles. The van der Waals surface area contributed by atoms with Gasteiger partial charge in [0.05, 0.1) is 12.6 Å². The summed E-state index contributed by atoms with van der Waals surface area (Å²) in [6.45, 7) is 2.62. The standard InChI is InChI=1S/C22H40O4.ClH.2Na/c1-2-3-4-5-6-7-8-9-10-11-12-13-14-15-16-17-20-26-22(25)19-18-21(23)24;;;/h18-19H,2-17,20H2,1H3,(H,23,24);1H;;/q;;2*+1/p-2/b19-18+;;;. The number of carboxylic acids is 1. The molecule has 0 amide bonds. The number of unbranched alkanes of at least 4 members (excludes halogenated alkanes) is 15. The fourth-order valence-electron chi connectivity index (χ4n) is 3.01. The maximum Gasteiger partial charge on any atom is 1.00 e. The molecule has 0 aliphatic rings. The molecular weight excluding hydrogens is 410 g/mol. The Morgan fingerprint density at radius 3 is 1.34 bits per heavy atom. The van der Waals surface area contributed by atoms with Crippen molar-refractivity contribution in [3.8, 4) is 0 Å². The van der Waals surface area contributed by atoms with Crippen molar-refractivity contribution in [1.82, 2.24) is 0 Å². The second-order valence-corrected chi connectivity index (χ2v) is 7.12. The Kier molecular flexibility index (Phi) is 40.1. The van der Waals surface area contributed by atoms with Gasteiger partial charge in [0.25, 0.3) is 0 Å². The first kappa shape index (κ1) is 37.3. The molecule has 0 atom stereocenters. The van der Waals surface area contributed by atoms with Gasteiger partial charge in [0, 0.05) is 6.08 Å². The molecule has 0 fully saturated rings. The summed E-state index contributed by atoms with van der Waals surface area (Å²) in [5.41, 5.74) is 0. The monoisotopic (exact) mass is 448 g/mol. The Balaban J connectivity index is -0.00000104. The van der Waals surface area contributed by atoms with E-state index in [2.05, 4.69) is 6.92 Å². The van der Waals surface area contributed by atoms with Gasteiger partial charge in [0.1, 0.15) is 0 Å². The number of ether oxygens (including phenoxy) is 1. The van der Waals surface area contributed by atoms with E-state index in [4.69, 9.17) is 4.74 Å². The number of carboxylic acid groups (broad SMARTS) is 1. The van der Waals surface area contributed by atoms with Crippen LogP contribution in [0.4, 0.5) is 0 Å². The Bertz CT molecular complexity index is 380. The van der Waals surface area contributed by atoms with Gasteiger partial charge in [-0.15, -0.1) is 0 Å². The van der Waals surface area contributed by atoms with Crippen LogP contribution in [0.25, 0.3) is 0 Å². The summed E-state index contributed by atoms with van der Waals surface area (Å²) < 4.78 is 4.89. The molecule has 0 saturated heterocycles. The van der Waals surface area contributed by atoms with Crippen LogP contribution < -0.4 is 76.6 Å². The van der Waals surface area contributed by atoms with Crippen LogP contribution in [0.3, 0.4) is 0 Å². The predicted octanol–water partition coefficient (Wildman–Crippen LogP) is -3.89. The molecule has 160 valence electrons. The topological polar surface area (TPSA) is 66.4 Å². The van der Waals surface area contributed by atoms with E-state index >= 15 is 0 Å². The molecule has 0 unspecified atom stereocenters. The minimum Gasteiger partial charge on any atom is -1.00 e.